The number of carbonyl (C=O) groups is 1. The van der Waals surface area contributed by atoms with Gasteiger partial charge in [0.15, 0.2) is 0 Å². The normalized spacial score (nSPS) is 14.0. The number of benzene rings is 2. The van der Waals surface area contributed by atoms with Gasteiger partial charge >= 0.3 is 0 Å². The van der Waals surface area contributed by atoms with Gasteiger partial charge in [0.1, 0.15) is 11.5 Å². The summed E-state index contributed by atoms with van der Waals surface area (Å²) in [6.07, 6.45) is 1.69. The molecule has 1 fully saturated rings. The second-order valence-electron chi connectivity index (χ2n) is 7.13. The van der Waals surface area contributed by atoms with Gasteiger partial charge in [-0.3, -0.25) is 4.79 Å². The van der Waals surface area contributed by atoms with E-state index in [1.54, 1.807) is 24.4 Å². The third-order valence-corrected chi connectivity index (χ3v) is 5.17. The van der Waals surface area contributed by atoms with Crippen molar-refractivity contribution in [1.82, 2.24) is 9.88 Å². The van der Waals surface area contributed by atoms with E-state index in [2.05, 4.69) is 15.2 Å². The molecule has 0 radical (unpaired) electrons. The van der Waals surface area contributed by atoms with Gasteiger partial charge < -0.3 is 15.1 Å². The van der Waals surface area contributed by atoms with Crippen LogP contribution < -0.4 is 10.2 Å². The molecule has 0 bridgehead atoms. The van der Waals surface area contributed by atoms with Crippen LogP contribution in [0.2, 0.25) is 0 Å². The molecule has 1 amide bonds. The van der Waals surface area contributed by atoms with Crippen molar-refractivity contribution in [2.24, 2.45) is 0 Å². The van der Waals surface area contributed by atoms with Gasteiger partial charge in [0.05, 0.1) is 11.9 Å². The molecule has 5 nitrogen and oxygen atoms in total. The van der Waals surface area contributed by atoms with Crippen molar-refractivity contribution < 1.29 is 9.18 Å². The number of hydrogen-bond acceptors (Lipinski definition) is 4. The van der Waals surface area contributed by atoms with E-state index < -0.39 is 0 Å². The van der Waals surface area contributed by atoms with Crippen molar-refractivity contribution in [2.75, 3.05) is 36.4 Å². The highest BCUT2D eigenvalue weighted by atomic mass is 19.1. The van der Waals surface area contributed by atoms with E-state index in [0.717, 1.165) is 22.6 Å². The molecule has 3 aromatic rings. The predicted molar refractivity (Wildman–Crippen MR) is 113 cm³/mol. The third-order valence-electron chi connectivity index (χ3n) is 5.17. The van der Waals surface area contributed by atoms with Crippen molar-refractivity contribution in [1.29, 1.82) is 0 Å². The SMILES string of the molecule is Cc1ccccc1Nc1ccc(C(=O)N2CCN(c3ccc(F)cc3)CC2)nc1. The van der Waals surface area contributed by atoms with Crippen LogP contribution in [0.25, 0.3) is 0 Å². The molecule has 0 spiro atoms. The molecule has 1 saturated heterocycles. The minimum Gasteiger partial charge on any atom is -0.368 e. The zero-order valence-electron chi connectivity index (χ0n) is 16.3. The fourth-order valence-corrected chi connectivity index (χ4v) is 3.44. The zero-order valence-corrected chi connectivity index (χ0v) is 16.3. The first kappa shape index (κ1) is 18.9. The first-order chi connectivity index (χ1) is 14.1. The molecule has 4 rings (SSSR count). The van der Waals surface area contributed by atoms with Crippen LogP contribution in [-0.4, -0.2) is 42.0 Å². The van der Waals surface area contributed by atoms with Crippen LogP contribution in [-0.2, 0) is 0 Å². The highest BCUT2D eigenvalue weighted by Gasteiger charge is 2.23. The van der Waals surface area contributed by atoms with Crippen LogP contribution in [0.3, 0.4) is 0 Å². The maximum absolute atomic E-state index is 13.1. The van der Waals surface area contributed by atoms with Crippen LogP contribution in [0.4, 0.5) is 21.5 Å². The molecule has 0 atom stereocenters. The minimum absolute atomic E-state index is 0.0637. The first-order valence-corrected chi connectivity index (χ1v) is 9.69. The van der Waals surface area contributed by atoms with Crippen LogP contribution in [0.1, 0.15) is 16.1 Å². The molecule has 1 aliphatic heterocycles. The summed E-state index contributed by atoms with van der Waals surface area (Å²) in [4.78, 5) is 21.1. The Balaban J connectivity index is 1.36. The number of halogens is 1. The average molecular weight is 390 g/mol. The lowest BCUT2D eigenvalue weighted by molar-refractivity contribution is 0.0741. The minimum atomic E-state index is -0.242. The fraction of sp³-hybridized carbons (Fsp3) is 0.217. The average Bonchev–Trinajstić information content (AvgIpc) is 2.76. The maximum Gasteiger partial charge on any atom is 0.272 e. The molecule has 0 aliphatic carbocycles. The summed E-state index contributed by atoms with van der Waals surface area (Å²) in [7, 11) is 0. The number of hydrogen-bond donors (Lipinski definition) is 1. The third kappa shape index (κ3) is 4.37. The molecule has 6 heteroatoms. The van der Waals surface area contributed by atoms with E-state index >= 15 is 0 Å². The van der Waals surface area contributed by atoms with Gasteiger partial charge in [-0.05, 0) is 55.0 Å². The van der Waals surface area contributed by atoms with Crippen LogP contribution in [0.15, 0.2) is 66.9 Å². The van der Waals surface area contributed by atoms with E-state index in [1.165, 1.54) is 12.1 Å². The number of pyridine rings is 1. The molecule has 148 valence electrons. The van der Waals surface area contributed by atoms with E-state index in [-0.39, 0.29) is 11.7 Å². The summed E-state index contributed by atoms with van der Waals surface area (Å²) in [6.45, 7) is 4.69. The largest absolute Gasteiger partial charge is 0.368 e. The molecule has 1 aliphatic rings. The monoisotopic (exact) mass is 390 g/mol. The topological polar surface area (TPSA) is 48.5 Å². The number of rotatable bonds is 4. The van der Waals surface area contributed by atoms with Gasteiger partial charge in [0.25, 0.3) is 5.91 Å². The van der Waals surface area contributed by atoms with E-state index in [9.17, 15) is 9.18 Å². The Labute approximate surface area is 169 Å². The highest BCUT2D eigenvalue weighted by molar-refractivity contribution is 5.92. The fourth-order valence-electron chi connectivity index (χ4n) is 3.44. The molecular formula is C23H23FN4O. The molecule has 2 aromatic carbocycles. The Morgan fingerprint density at radius 2 is 1.69 bits per heavy atom. The number of carbonyl (C=O) groups excluding carboxylic acids is 1. The van der Waals surface area contributed by atoms with Gasteiger partial charge in [-0.1, -0.05) is 18.2 Å². The number of aryl methyl sites for hydroxylation is 1. The van der Waals surface area contributed by atoms with E-state index in [1.807, 2.05) is 42.2 Å². The van der Waals surface area contributed by atoms with Gasteiger partial charge in [-0.2, -0.15) is 0 Å². The number of piperazine rings is 1. The number of anilines is 3. The number of nitrogens with zero attached hydrogens (tertiary/aromatic N) is 3. The zero-order chi connectivity index (χ0) is 20.2. The molecule has 0 unspecified atom stereocenters. The molecular weight excluding hydrogens is 367 g/mol. The molecule has 2 heterocycles. The first-order valence-electron chi connectivity index (χ1n) is 9.69. The maximum atomic E-state index is 13.1. The van der Waals surface area contributed by atoms with Crippen LogP contribution in [0.5, 0.6) is 0 Å². The lowest BCUT2D eigenvalue weighted by atomic mass is 10.2. The van der Waals surface area contributed by atoms with E-state index in [4.69, 9.17) is 0 Å². The van der Waals surface area contributed by atoms with Crippen molar-refractivity contribution in [3.63, 3.8) is 0 Å². The molecule has 1 aromatic heterocycles. The lowest BCUT2D eigenvalue weighted by Gasteiger charge is -2.36. The van der Waals surface area contributed by atoms with Crippen LogP contribution in [0, 0.1) is 12.7 Å². The van der Waals surface area contributed by atoms with Gasteiger partial charge in [0.2, 0.25) is 0 Å². The second kappa shape index (κ2) is 8.31. The number of para-hydroxylation sites is 1. The lowest BCUT2D eigenvalue weighted by Crippen LogP contribution is -2.49. The second-order valence-corrected chi connectivity index (χ2v) is 7.13. The van der Waals surface area contributed by atoms with Crippen LogP contribution >= 0.6 is 0 Å². The summed E-state index contributed by atoms with van der Waals surface area (Å²) >= 11 is 0. The van der Waals surface area contributed by atoms with Gasteiger partial charge in [-0.15, -0.1) is 0 Å². The number of aromatic nitrogens is 1. The van der Waals surface area contributed by atoms with Gasteiger partial charge in [-0.25, -0.2) is 9.37 Å². The van der Waals surface area contributed by atoms with Crippen molar-refractivity contribution in [2.45, 2.75) is 6.92 Å². The highest BCUT2D eigenvalue weighted by Crippen LogP contribution is 2.21. The van der Waals surface area contributed by atoms with Crippen molar-refractivity contribution >= 4 is 23.0 Å². The van der Waals surface area contributed by atoms with Crippen molar-refractivity contribution in [3.8, 4) is 0 Å². The Morgan fingerprint density at radius 1 is 0.966 bits per heavy atom. The summed E-state index contributed by atoms with van der Waals surface area (Å²) in [5, 5.41) is 3.33. The number of nitrogens with one attached hydrogen (secondary N) is 1. The Morgan fingerprint density at radius 3 is 2.34 bits per heavy atom. The molecule has 29 heavy (non-hydrogen) atoms. The molecule has 0 saturated carbocycles. The Hall–Kier alpha value is -3.41. The summed E-state index contributed by atoms with van der Waals surface area (Å²) in [5.74, 6) is -0.305. The Kier molecular flexibility index (Phi) is 5.42. The van der Waals surface area contributed by atoms with Crippen molar-refractivity contribution in [3.05, 3.63) is 83.9 Å². The molecule has 1 N–H and O–H groups in total. The quantitative estimate of drug-likeness (QED) is 0.724. The summed E-state index contributed by atoms with van der Waals surface area (Å²) < 4.78 is 13.1. The van der Waals surface area contributed by atoms with Gasteiger partial charge in [0, 0.05) is 37.6 Å². The summed E-state index contributed by atoms with van der Waals surface area (Å²) in [5.41, 5.74) is 4.42. The predicted octanol–water partition coefficient (Wildman–Crippen LogP) is 4.24. The smallest absolute Gasteiger partial charge is 0.272 e. The summed E-state index contributed by atoms with van der Waals surface area (Å²) in [6, 6.07) is 18.1. The standard InChI is InChI=1S/C23H23FN4O/c1-17-4-2-3-5-21(17)26-19-8-11-22(25-16-19)23(29)28-14-12-27(13-15-28)20-9-6-18(24)7-10-20/h2-11,16,26H,12-15H2,1H3. The Bertz CT molecular complexity index is 981. The van der Waals surface area contributed by atoms with E-state index in [0.29, 0.717) is 31.9 Å². The number of amides is 1.